The predicted octanol–water partition coefficient (Wildman–Crippen LogP) is 3.26. The van der Waals surface area contributed by atoms with Crippen LogP contribution in [-0.2, 0) is 11.4 Å². The van der Waals surface area contributed by atoms with Crippen LogP contribution in [0.25, 0.3) is 0 Å². The summed E-state index contributed by atoms with van der Waals surface area (Å²) in [6.07, 6.45) is 0.494. The number of hydrogen-bond acceptors (Lipinski definition) is 4. The van der Waals surface area contributed by atoms with Crippen LogP contribution in [0.4, 0.5) is 0 Å². The molecule has 0 fully saturated rings. The molecule has 5 nitrogen and oxygen atoms in total. The fraction of sp³-hybridized carbons (Fsp3) is 0.294. The lowest BCUT2D eigenvalue weighted by Gasteiger charge is -2.17. The number of ether oxygens (including phenoxy) is 1. The number of aliphatic carboxylic acids is 1. The average Bonchev–Trinajstić information content (AvgIpc) is 3.05. The summed E-state index contributed by atoms with van der Waals surface area (Å²) in [5.74, 6) is -0.352. The molecular formula is C17H19NO4S. The monoisotopic (exact) mass is 333 g/mol. The number of carboxylic acids is 1. The number of nitrogens with zero attached hydrogens (tertiary/aromatic N) is 1. The van der Waals surface area contributed by atoms with Crippen molar-refractivity contribution >= 4 is 23.2 Å². The molecule has 0 bridgehead atoms. The minimum Gasteiger partial charge on any atom is -0.488 e. The summed E-state index contributed by atoms with van der Waals surface area (Å²) in [5.41, 5.74) is 0.534. The lowest BCUT2D eigenvalue weighted by atomic mass is 10.2. The number of benzene rings is 1. The van der Waals surface area contributed by atoms with Crippen molar-refractivity contribution < 1.29 is 19.4 Å². The second kappa shape index (κ2) is 8.33. The second-order valence-electron chi connectivity index (χ2n) is 5.12. The van der Waals surface area contributed by atoms with Crippen LogP contribution < -0.4 is 4.74 Å². The number of amides is 1. The van der Waals surface area contributed by atoms with Gasteiger partial charge in [0.1, 0.15) is 12.4 Å². The molecule has 0 aliphatic heterocycles. The Bertz CT molecular complexity index is 654. The van der Waals surface area contributed by atoms with Gasteiger partial charge in [-0.2, -0.15) is 0 Å². The first kappa shape index (κ1) is 17.0. The molecule has 2 rings (SSSR count). The zero-order chi connectivity index (χ0) is 16.7. The molecule has 1 amide bonds. The molecule has 1 aromatic carbocycles. The highest BCUT2D eigenvalue weighted by atomic mass is 32.1. The maximum Gasteiger partial charge on any atom is 0.303 e. The maximum absolute atomic E-state index is 12.3. The van der Waals surface area contributed by atoms with Crippen LogP contribution in [-0.4, -0.2) is 35.5 Å². The number of carboxylic acid groups (broad SMARTS) is 1. The first-order valence-corrected chi connectivity index (χ1v) is 8.16. The minimum atomic E-state index is -0.852. The van der Waals surface area contributed by atoms with Gasteiger partial charge in [0.25, 0.3) is 5.91 Å². The quantitative estimate of drug-likeness (QED) is 0.805. The third-order valence-electron chi connectivity index (χ3n) is 3.27. The van der Waals surface area contributed by atoms with E-state index in [4.69, 9.17) is 9.84 Å². The van der Waals surface area contributed by atoms with Crippen molar-refractivity contribution in [3.63, 3.8) is 0 Å². The van der Waals surface area contributed by atoms with E-state index in [1.54, 1.807) is 36.6 Å². The van der Waals surface area contributed by atoms with E-state index in [0.29, 0.717) is 30.9 Å². The number of thiophene rings is 1. The van der Waals surface area contributed by atoms with Crippen LogP contribution in [0, 0.1) is 0 Å². The normalized spacial score (nSPS) is 10.3. The molecule has 1 N–H and O–H groups in total. The van der Waals surface area contributed by atoms with Crippen molar-refractivity contribution in [1.82, 2.24) is 4.90 Å². The predicted molar refractivity (Wildman–Crippen MR) is 88.9 cm³/mol. The SMILES string of the molecule is CN(CCCC(=O)O)C(=O)c1cccc(OCc2cccs2)c1. The molecule has 0 aliphatic rings. The van der Waals surface area contributed by atoms with Gasteiger partial charge < -0.3 is 14.7 Å². The minimum absolute atomic E-state index is 0.0571. The van der Waals surface area contributed by atoms with E-state index >= 15 is 0 Å². The van der Waals surface area contributed by atoms with Crippen molar-refractivity contribution in [3.05, 3.63) is 52.2 Å². The molecule has 0 saturated carbocycles. The van der Waals surface area contributed by atoms with Gasteiger partial charge in [-0.15, -0.1) is 11.3 Å². The van der Waals surface area contributed by atoms with E-state index in [0.717, 1.165) is 4.88 Å². The molecule has 6 heteroatoms. The summed E-state index contributed by atoms with van der Waals surface area (Å²) in [7, 11) is 1.67. The van der Waals surface area contributed by atoms with Crippen LogP contribution in [0.1, 0.15) is 28.1 Å². The molecule has 0 spiro atoms. The summed E-state index contributed by atoms with van der Waals surface area (Å²) in [5, 5.41) is 10.6. The van der Waals surface area contributed by atoms with E-state index in [1.165, 1.54) is 4.90 Å². The first-order chi connectivity index (χ1) is 11.1. The maximum atomic E-state index is 12.3. The summed E-state index contributed by atoms with van der Waals surface area (Å²) in [6, 6.07) is 11.0. The molecule has 0 unspecified atom stereocenters. The van der Waals surface area contributed by atoms with E-state index in [1.807, 2.05) is 23.6 Å². The van der Waals surface area contributed by atoms with E-state index in [9.17, 15) is 9.59 Å². The first-order valence-electron chi connectivity index (χ1n) is 7.29. The molecular weight excluding hydrogens is 314 g/mol. The lowest BCUT2D eigenvalue weighted by Crippen LogP contribution is -2.28. The topological polar surface area (TPSA) is 66.8 Å². The van der Waals surface area contributed by atoms with Crippen molar-refractivity contribution in [2.45, 2.75) is 19.4 Å². The fourth-order valence-electron chi connectivity index (χ4n) is 2.06. The highest BCUT2D eigenvalue weighted by Gasteiger charge is 2.12. The van der Waals surface area contributed by atoms with E-state index in [2.05, 4.69) is 0 Å². The van der Waals surface area contributed by atoms with Crippen molar-refractivity contribution in [3.8, 4) is 5.75 Å². The highest BCUT2D eigenvalue weighted by Crippen LogP contribution is 2.18. The number of carbonyl (C=O) groups excluding carboxylic acids is 1. The Labute approximate surface area is 139 Å². The Morgan fingerprint density at radius 1 is 1.26 bits per heavy atom. The van der Waals surface area contributed by atoms with Gasteiger partial charge in [0, 0.05) is 30.5 Å². The Hall–Kier alpha value is -2.34. The third kappa shape index (κ3) is 5.41. The fourth-order valence-corrected chi connectivity index (χ4v) is 2.67. The van der Waals surface area contributed by atoms with Gasteiger partial charge in [-0.1, -0.05) is 12.1 Å². The van der Waals surface area contributed by atoms with Gasteiger partial charge in [0.05, 0.1) is 0 Å². The van der Waals surface area contributed by atoms with Gasteiger partial charge in [-0.25, -0.2) is 0 Å². The second-order valence-corrected chi connectivity index (χ2v) is 6.15. The Morgan fingerprint density at radius 2 is 2.09 bits per heavy atom. The van der Waals surface area contributed by atoms with Crippen molar-refractivity contribution in [2.75, 3.05) is 13.6 Å². The third-order valence-corrected chi connectivity index (χ3v) is 4.12. The smallest absolute Gasteiger partial charge is 0.303 e. The summed E-state index contributed by atoms with van der Waals surface area (Å²) in [6.45, 7) is 0.884. The molecule has 1 aromatic heterocycles. The van der Waals surface area contributed by atoms with Crippen molar-refractivity contribution in [2.24, 2.45) is 0 Å². The van der Waals surface area contributed by atoms with E-state index < -0.39 is 5.97 Å². The molecule has 0 aliphatic carbocycles. The molecule has 0 saturated heterocycles. The number of carbonyl (C=O) groups is 2. The zero-order valence-corrected chi connectivity index (χ0v) is 13.7. The van der Waals surface area contributed by atoms with Crippen LogP contribution in [0.3, 0.4) is 0 Å². The van der Waals surface area contributed by atoms with Gasteiger partial charge in [-0.05, 0) is 36.1 Å². The van der Waals surface area contributed by atoms with Crippen LogP contribution in [0.5, 0.6) is 5.75 Å². The summed E-state index contributed by atoms with van der Waals surface area (Å²) < 4.78 is 5.70. The average molecular weight is 333 g/mol. The number of rotatable bonds is 8. The van der Waals surface area contributed by atoms with Gasteiger partial charge >= 0.3 is 5.97 Å². The largest absolute Gasteiger partial charge is 0.488 e. The number of hydrogen-bond donors (Lipinski definition) is 1. The summed E-state index contributed by atoms with van der Waals surface area (Å²) in [4.78, 5) is 25.5. The van der Waals surface area contributed by atoms with Crippen LogP contribution >= 0.6 is 11.3 Å². The molecule has 1 heterocycles. The zero-order valence-electron chi connectivity index (χ0n) is 12.9. The molecule has 2 aromatic rings. The van der Waals surface area contributed by atoms with Gasteiger partial charge in [-0.3, -0.25) is 9.59 Å². The molecule has 23 heavy (non-hydrogen) atoms. The van der Waals surface area contributed by atoms with Gasteiger partial charge in [0.15, 0.2) is 0 Å². The highest BCUT2D eigenvalue weighted by molar-refractivity contribution is 7.09. The molecule has 0 radical (unpaired) electrons. The molecule has 0 atom stereocenters. The standard InChI is InChI=1S/C17H19NO4S/c1-18(9-3-8-16(19)20)17(21)13-5-2-6-14(11-13)22-12-15-7-4-10-23-15/h2,4-7,10-11H,3,8-9,12H2,1H3,(H,19,20). The molecule has 122 valence electrons. The Kier molecular flexibility index (Phi) is 6.17. The Morgan fingerprint density at radius 3 is 2.78 bits per heavy atom. The summed E-state index contributed by atoms with van der Waals surface area (Å²) >= 11 is 1.62. The van der Waals surface area contributed by atoms with Crippen LogP contribution in [0.15, 0.2) is 41.8 Å². The lowest BCUT2D eigenvalue weighted by molar-refractivity contribution is -0.137. The van der Waals surface area contributed by atoms with Crippen LogP contribution in [0.2, 0.25) is 0 Å². The Balaban J connectivity index is 1.92. The van der Waals surface area contributed by atoms with Gasteiger partial charge in [0.2, 0.25) is 0 Å². The van der Waals surface area contributed by atoms with Crippen molar-refractivity contribution in [1.29, 1.82) is 0 Å². The van der Waals surface area contributed by atoms with E-state index in [-0.39, 0.29) is 12.3 Å².